The van der Waals surface area contributed by atoms with Crippen LogP contribution in [0.4, 0.5) is 29.3 Å². The minimum absolute atomic E-state index is 0.0596. The van der Waals surface area contributed by atoms with Gasteiger partial charge in [-0.2, -0.15) is 5.10 Å². The minimum atomic E-state index is -1.62. The second-order valence-electron chi connectivity index (χ2n) is 9.69. The number of rotatable bonds is 3. The van der Waals surface area contributed by atoms with Crippen LogP contribution in [0.2, 0.25) is 0 Å². The second kappa shape index (κ2) is 9.69. The normalized spacial score (nSPS) is 23.9. The van der Waals surface area contributed by atoms with E-state index >= 15 is 0 Å². The van der Waals surface area contributed by atoms with Crippen molar-refractivity contribution >= 4 is 29.2 Å². The fourth-order valence-electron chi connectivity index (χ4n) is 5.09. The number of carbonyl (C=O) groups excluding carboxylic acids is 3. The Labute approximate surface area is 210 Å². The van der Waals surface area contributed by atoms with E-state index in [1.165, 1.54) is 9.80 Å². The number of benzene rings is 1. The number of amides is 4. The van der Waals surface area contributed by atoms with E-state index in [4.69, 9.17) is 4.74 Å². The molecule has 1 aromatic carbocycles. The molecule has 13 heteroatoms. The molecule has 0 aliphatic carbocycles. The number of hydrogen-bond acceptors (Lipinski definition) is 5. The number of nitrogens with one attached hydrogen (secondary N) is 1. The number of hydrogen-bond donors (Lipinski definition) is 1. The van der Waals surface area contributed by atoms with Crippen LogP contribution in [0.15, 0.2) is 18.3 Å². The third-order valence-corrected chi connectivity index (χ3v) is 7.03. The summed E-state index contributed by atoms with van der Waals surface area (Å²) in [5.41, 5.74) is 0.895. The Kier molecular flexibility index (Phi) is 6.56. The zero-order chi connectivity index (χ0) is 26.4. The molecule has 198 valence electrons. The molecule has 3 aliphatic heterocycles. The zero-order valence-electron chi connectivity index (χ0n) is 20.4. The molecular formula is C24H27F3N6O4. The predicted octanol–water partition coefficient (Wildman–Crippen LogP) is 2.34. The summed E-state index contributed by atoms with van der Waals surface area (Å²) in [6, 6.07) is 0.437. The Morgan fingerprint density at radius 1 is 1.11 bits per heavy atom. The maximum absolute atomic E-state index is 13.6. The Balaban J connectivity index is 1.31. The Morgan fingerprint density at radius 3 is 2.54 bits per heavy atom. The van der Waals surface area contributed by atoms with Crippen LogP contribution in [0.5, 0.6) is 0 Å². The van der Waals surface area contributed by atoms with Crippen LogP contribution in [0.3, 0.4) is 0 Å². The lowest BCUT2D eigenvalue weighted by atomic mass is 10.1. The largest absolute Gasteiger partial charge is 0.375 e. The van der Waals surface area contributed by atoms with Crippen LogP contribution in [0.1, 0.15) is 26.0 Å². The minimum Gasteiger partial charge on any atom is -0.375 e. The summed E-state index contributed by atoms with van der Waals surface area (Å²) in [6.07, 6.45) is 1.57. The van der Waals surface area contributed by atoms with Gasteiger partial charge in [0.2, 0.25) is 11.8 Å². The van der Waals surface area contributed by atoms with Crippen molar-refractivity contribution in [2.75, 3.05) is 36.5 Å². The molecule has 10 nitrogen and oxygen atoms in total. The fraction of sp³-hybridized carbons (Fsp3) is 0.500. The zero-order valence-corrected chi connectivity index (χ0v) is 20.4. The van der Waals surface area contributed by atoms with E-state index < -0.39 is 29.4 Å². The van der Waals surface area contributed by atoms with E-state index in [0.29, 0.717) is 49.8 Å². The monoisotopic (exact) mass is 520 g/mol. The molecule has 4 heterocycles. The molecule has 2 aromatic rings. The van der Waals surface area contributed by atoms with Gasteiger partial charge in [0.15, 0.2) is 17.5 Å². The molecule has 1 aromatic heterocycles. The van der Waals surface area contributed by atoms with Crippen LogP contribution >= 0.6 is 0 Å². The Hall–Kier alpha value is -3.61. The Bertz CT molecular complexity index is 1230. The maximum atomic E-state index is 13.6. The summed E-state index contributed by atoms with van der Waals surface area (Å²) in [5, 5.41) is 6.78. The van der Waals surface area contributed by atoms with E-state index in [1.807, 2.05) is 6.92 Å². The van der Waals surface area contributed by atoms with E-state index in [0.717, 1.165) is 0 Å². The van der Waals surface area contributed by atoms with E-state index in [2.05, 4.69) is 10.4 Å². The van der Waals surface area contributed by atoms with E-state index in [1.54, 1.807) is 22.7 Å². The van der Waals surface area contributed by atoms with Gasteiger partial charge < -0.3 is 24.8 Å². The van der Waals surface area contributed by atoms with Crippen molar-refractivity contribution in [1.29, 1.82) is 0 Å². The molecule has 3 atom stereocenters. The highest BCUT2D eigenvalue weighted by Crippen LogP contribution is 2.33. The molecule has 1 N–H and O–H groups in total. The maximum Gasteiger partial charge on any atom is 0.322 e. The first-order valence-corrected chi connectivity index (χ1v) is 12.1. The second-order valence-corrected chi connectivity index (χ2v) is 9.69. The summed E-state index contributed by atoms with van der Waals surface area (Å²) < 4.78 is 47.7. The summed E-state index contributed by atoms with van der Waals surface area (Å²) in [4.78, 5) is 43.7. The fourth-order valence-corrected chi connectivity index (χ4v) is 5.09. The first-order chi connectivity index (χ1) is 17.6. The Morgan fingerprint density at radius 2 is 1.84 bits per heavy atom. The smallest absolute Gasteiger partial charge is 0.322 e. The third kappa shape index (κ3) is 4.75. The molecule has 0 saturated carbocycles. The number of aromatic nitrogens is 2. The molecule has 5 rings (SSSR count). The van der Waals surface area contributed by atoms with Gasteiger partial charge in [-0.15, -0.1) is 0 Å². The van der Waals surface area contributed by atoms with Crippen LogP contribution < -0.4 is 10.2 Å². The van der Waals surface area contributed by atoms with Gasteiger partial charge in [0.05, 0.1) is 55.3 Å². The number of halogens is 3. The van der Waals surface area contributed by atoms with Crippen LogP contribution in [0.25, 0.3) is 0 Å². The van der Waals surface area contributed by atoms with Gasteiger partial charge in [-0.25, -0.2) is 18.0 Å². The number of nitrogens with zero attached hydrogens (tertiary/aromatic N) is 5. The van der Waals surface area contributed by atoms with Crippen molar-refractivity contribution in [3.8, 4) is 0 Å². The van der Waals surface area contributed by atoms with E-state index in [-0.39, 0.29) is 49.2 Å². The van der Waals surface area contributed by atoms with Crippen molar-refractivity contribution in [2.24, 2.45) is 5.92 Å². The topological polar surface area (TPSA) is 100 Å². The number of ether oxygens (including phenoxy) is 1. The summed E-state index contributed by atoms with van der Waals surface area (Å²) in [7, 11) is 0. The van der Waals surface area contributed by atoms with Gasteiger partial charge in [-0.1, -0.05) is 0 Å². The van der Waals surface area contributed by atoms with E-state index in [9.17, 15) is 27.6 Å². The summed E-state index contributed by atoms with van der Waals surface area (Å²) in [5.74, 6) is -5.22. The average molecular weight is 521 g/mol. The van der Waals surface area contributed by atoms with Crippen LogP contribution in [-0.2, 0) is 27.4 Å². The molecule has 2 saturated heterocycles. The van der Waals surface area contributed by atoms with Crippen LogP contribution in [-0.4, -0.2) is 75.8 Å². The highest BCUT2D eigenvalue weighted by Gasteiger charge is 2.41. The quantitative estimate of drug-likeness (QED) is 0.627. The summed E-state index contributed by atoms with van der Waals surface area (Å²) in [6.45, 7) is 5.71. The van der Waals surface area contributed by atoms with Crippen molar-refractivity contribution < 1.29 is 32.3 Å². The van der Waals surface area contributed by atoms with Crippen molar-refractivity contribution in [1.82, 2.24) is 19.6 Å². The molecule has 0 radical (unpaired) electrons. The third-order valence-electron chi connectivity index (χ3n) is 7.03. The first-order valence-electron chi connectivity index (χ1n) is 12.1. The lowest BCUT2D eigenvalue weighted by molar-refractivity contribution is -0.142. The average Bonchev–Trinajstić information content (AvgIpc) is 3.43. The SMILES string of the molecule is C[C@H]1CN(C(=O)C2CC(=O)N(c3cnn4c3CN(C(=O)Nc3cc(F)c(F)c(F)c3)[C@@H](C)C4)C2)CCO1. The van der Waals surface area contributed by atoms with Gasteiger partial charge in [0, 0.05) is 43.9 Å². The molecule has 0 spiro atoms. The van der Waals surface area contributed by atoms with Crippen molar-refractivity contribution in [3.63, 3.8) is 0 Å². The standard InChI is InChI=1S/C24H27F3N6O4/c1-13-9-33-20(12-31(13)24(36)29-16-6-17(25)22(27)18(26)7-16)19(8-28-33)32-11-15(5-21(32)34)23(35)30-3-4-37-14(2)10-30/h6-8,13-15H,3-5,9-12H2,1-2H3,(H,29,36)/t13-,14-,15?/m0/s1. The first kappa shape index (κ1) is 25.1. The summed E-state index contributed by atoms with van der Waals surface area (Å²) >= 11 is 0. The van der Waals surface area contributed by atoms with Gasteiger partial charge in [-0.05, 0) is 13.8 Å². The molecule has 37 heavy (non-hydrogen) atoms. The van der Waals surface area contributed by atoms with Gasteiger partial charge >= 0.3 is 6.03 Å². The number of anilines is 2. The molecule has 1 unspecified atom stereocenters. The predicted molar refractivity (Wildman–Crippen MR) is 125 cm³/mol. The van der Waals surface area contributed by atoms with Crippen LogP contribution in [0, 0.1) is 23.4 Å². The number of fused-ring (bicyclic) bond motifs is 1. The molecule has 3 aliphatic rings. The highest BCUT2D eigenvalue weighted by molar-refractivity contribution is 6.00. The lowest BCUT2D eigenvalue weighted by Crippen LogP contribution is -2.47. The number of carbonyl (C=O) groups is 3. The van der Waals surface area contributed by atoms with Gasteiger partial charge in [0.25, 0.3) is 0 Å². The van der Waals surface area contributed by atoms with Crippen molar-refractivity contribution in [2.45, 2.75) is 45.5 Å². The molecule has 4 amide bonds. The molecule has 2 fully saturated rings. The number of morpholine rings is 1. The molecule has 0 bridgehead atoms. The van der Waals surface area contributed by atoms with Gasteiger partial charge in [0.1, 0.15) is 0 Å². The molecular weight excluding hydrogens is 493 g/mol. The lowest BCUT2D eigenvalue weighted by Gasteiger charge is -2.35. The number of urea groups is 1. The van der Waals surface area contributed by atoms with Gasteiger partial charge in [-0.3, -0.25) is 14.3 Å². The highest BCUT2D eigenvalue weighted by atomic mass is 19.2. The van der Waals surface area contributed by atoms with Crippen molar-refractivity contribution in [3.05, 3.63) is 41.5 Å².